The van der Waals surface area contributed by atoms with Crippen LogP contribution in [0, 0.1) is 6.92 Å². The summed E-state index contributed by atoms with van der Waals surface area (Å²) in [6.45, 7) is 2.34. The minimum absolute atomic E-state index is 0.0424. The maximum atomic E-state index is 13.3. The molecule has 4 rings (SSSR count). The first-order chi connectivity index (χ1) is 13.3. The van der Waals surface area contributed by atoms with Gasteiger partial charge in [-0.2, -0.15) is 13.2 Å². The van der Waals surface area contributed by atoms with E-state index in [0.29, 0.717) is 29.6 Å². The standard InChI is InChI=1S/C21H17F3N2O2/c1-12-18(20(28)21(22,23)24)19(13-5-3-2-4-6-13)16-9-14(7-8-17(16)25-12)26-10-15(27)11-26/h2-9,15,27H,10-11H2,1H3. The van der Waals surface area contributed by atoms with E-state index in [-0.39, 0.29) is 11.3 Å². The number of aliphatic hydroxyl groups excluding tert-OH is 1. The molecular weight excluding hydrogens is 369 g/mol. The molecule has 0 radical (unpaired) electrons. The van der Waals surface area contributed by atoms with Crippen molar-refractivity contribution in [2.24, 2.45) is 0 Å². The Balaban J connectivity index is 2.01. The number of carbonyl (C=O) groups is 1. The van der Waals surface area contributed by atoms with Crippen LogP contribution < -0.4 is 4.90 Å². The summed E-state index contributed by atoms with van der Waals surface area (Å²) in [4.78, 5) is 18.4. The Bertz CT molecular complexity index is 1060. The Morgan fingerprint density at radius 1 is 1.14 bits per heavy atom. The van der Waals surface area contributed by atoms with Crippen molar-refractivity contribution >= 4 is 22.4 Å². The van der Waals surface area contributed by atoms with Gasteiger partial charge in [-0.1, -0.05) is 30.3 Å². The number of rotatable bonds is 3. The van der Waals surface area contributed by atoms with E-state index in [1.165, 1.54) is 6.92 Å². The number of aryl methyl sites for hydroxylation is 1. The summed E-state index contributed by atoms with van der Waals surface area (Å²) in [6.07, 6.45) is -5.41. The summed E-state index contributed by atoms with van der Waals surface area (Å²) in [5.41, 5.74) is 1.65. The minimum Gasteiger partial charge on any atom is -0.389 e. The Morgan fingerprint density at radius 2 is 1.82 bits per heavy atom. The van der Waals surface area contributed by atoms with Gasteiger partial charge in [0.15, 0.2) is 0 Å². The molecule has 0 unspecified atom stereocenters. The van der Waals surface area contributed by atoms with Crippen LogP contribution in [0.25, 0.3) is 22.0 Å². The summed E-state index contributed by atoms with van der Waals surface area (Å²) >= 11 is 0. The van der Waals surface area contributed by atoms with Gasteiger partial charge in [-0.15, -0.1) is 0 Å². The molecule has 2 heterocycles. The predicted octanol–water partition coefficient (Wildman–Crippen LogP) is 4.14. The molecule has 1 aromatic heterocycles. The highest BCUT2D eigenvalue weighted by Gasteiger charge is 2.42. The van der Waals surface area contributed by atoms with Crippen molar-refractivity contribution < 1.29 is 23.1 Å². The number of β-amino-alcohol motifs (C(OH)–C–C–N with tert-alkyl or cyclic N) is 1. The van der Waals surface area contributed by atoms with E-state index in [1.54, 1.807) is 42.5 Å². The Hall–Kier alpha value is -2.93. The van der Waals surface area contributed by atoms with Gasteiger partial charge in [-0.05, 0) is 30.7 Å². The van der Waals surface area contributed by atoms with Crippen molar-refractivity contribution in [2.75, 3.05) is 18.0 Å². The largest absolute Gasteiger partial charge is 0.454 e. The molecule has 28 heavy (non-hydrogen) atoms. The number of pyridine rings is 1. The number of hydrogen-bond acceptors (Lipinski definition) is 4. The highest BCUT2D eigenvalue weighted by atomic mass is 19.4. The van der Waals surface area contributed by atoms with Crippen molar-refractivity contribution in [3.8, 4) is 11.1 Å². The molecule has 0 atom stereocenters. The summed E-state index contributed by atoms with van der Waals surface area (Å²) in [5.74, 6) is -1.90. The van der Waals surface area contributed by atoms with Crippen molar-refractivity contribution in [3.05, 3.63) is 59.8 Å². The maximum absolute atomic E-state index is 13.3. The van der Waals surface area contributed by atoms with Gasteiger partial charge in [0, 0.05) is 35.4 Å². The van der Waals surface area contributed by atoms with Crippen LogP contribution in [0.1, 0.15) is 16.1 Å². The molecule has 0 bridgehead atoms. The molecule has 1 N–H and O–H groups in total. The van der Waals surface area contributed by atoms with Gasteiger partial charge < -0.3 is 10.0 Å². The molecule has 1 fully saturated rings. The van der Waals surface area contributed by atoms with E-state index in [9.17, 15) is 23.1 Å². The number of Topliss-reactive ketones (excluding diaryl/α,β-unsaturated/α-hetero) is 1. The quantitative estimate of drug-likeness (QED) is 0.688. The van der Waals surface area contributed by atoms with Gasteiger partial charge in [0.05, 0.1) is 17.2 Å². The lowest BCUT2D eigenvalue weighted by molar-refractivity contribution is -0.0885. The number of benzene rings is 2. The Morgan fingerprint density at radius 3 is 2.43 bits per heavy atom. The second kappa shape index (κ2) is 6.60. The number of nitrogens with zero attached hydrogens (tertiary/aromatic N) is 2. The molecule has 3 aromatic rings. The van der Waals surface area contributed by atoms with Gasteiger partial charge in [0.25, 0.3) is 5.78 Å². The molecule has 1 aliphatic rings. The molecule has 0 aliphatic carbocycles. The van der Waals surface area contributed by atoms with E-state index in [1.807, 2.05) is 11.0 Å². The van der Waals surface area contributed by atoms with Gasteiger partial charge in [0.2, 0.25) is 0 Å². The van der Waals surface area contributed by atoms with Crippen LogP contribution in [0.4, 0.5) is 18.9 Å². The number of anilines is 1. The average molecular weight is 386 g/mol. The van der Waals surface area contributed by atoms with Gasteiger partial charge >= 0.3 is 6.18 Å². The number of fused-ring (bicyclic) bond motifs is 1. The van der Waals surface area contributed by atoms with E-state index in [0.717, 1.165) is 5.69 Å². The number of aromatic nitrogens is 1. The van der Waals surface area contributed by atoms with E-state index in [2.05, 4.69) is 4.98 Å². The van der Waals surface area contributed by atoms with Crippen molar-refractivity contribution in [1.29, 1.82) is 0 Å². The molecule has 2 aromatic carbocycles. The molecule has 0 amide bonds. The molecule has 144 valence electrons. The lowest BCUT2D eigenvalue weighted by atomic mass is 9.91. The fourth-order valence-corrected chi connectivity index (χ4v) is 3.56. The van der Waals surface area contributed by atoms with Crippen LogP contribution in [0.15, 0.2) is 48.5 Å². The van der Waals surface area contributed by atoms with Gasteiger partial charge in [-0.25, -0.2) is 0 Å². The fraction of sp³-hybridized carbons (Fsp3) is 0.238. The number of hydrogen-bond donors (Lipinski definition) is 1. The van der Waals surface area contributed by atoms with Crippen LogP contribution in [0.2, 0.25) is 0 Å². The monoisotopic (exact) mass is 386 g/mol. The highest BCUT2D eigenvalue weighted by molar-refractivity contribution is 6.13. The summed E-state index contributed by atoms with van der Waals surface area (Å²) < 4.78 is 39.9. The second-order valence-electron chi connectivity index (χ2n) is 6.90. The maximum Gasteiger partial charge on any atom is 0.454 e. The third-order valence-corrected chi connectivity index (χ3v) is 4.92. The van der Waals surface area contributed by atoms with Crippen molar-refractivity contribution in [1.82, 2.24) is 4.98 Å². The number of ketones is 1. The first kappa shape index (κ1) is 18.4. The molecular formula is C21H17F3N2O2. The third kappa shape index (κ3) is 3.11. The topological polar surface area (TPSA) is 53.4 Å². The van der Waals surface area contributed by atoms with E-state index >= 15 is 0 Å². The number of carbonyl (C=O) groups excluding carboxylic acids is 1. The molecule has 0 saturated carbocycles. The average Bonchev–Trinajstić information content (AvgIpc) is 2.63. The molecule has 1 saturated heterocycles. The summed E-state index contributed by atoms with van der Waals surface area (Å²) in [5, 5.41) is 10.0. The summed E-state index contributed by atoms with van der Waals surface area (Å²) in [7, 11) is 0. The van der Waals surface area contributed by atoms with E-state index < -0.39 is 23.6 Å². The van der Waals surface area contributed by atoms with Crippen molar-refractivity contribution in [3.63, 3.8) is 0 Å². The molecule has 0 spiro atoms. The molecule has 7 heteroatoms. The zero-order valence-corrected chi connectivity index (χ0v) is 15.0. The number of alkyl halides is 3. The summed E-state index contributed by atoms with van der Waals surface area (Å²) in [6, 6.07) is 13.9. The van der Waals surface area contributed by atoms with Crippen LogP contribution in [0.3, 0.4) is 0 Å². The Labute approximate surface area is 159 Å². The van der Waals surface area contributed by atoms with Gasteiger partial charge in [0.1, 0.15) is 0 Å². The van der Waals surface area contributed by atoms with Crippen molar-refractivity contribution in [2.45, 2.75) is 19.2 Å². The number of aliphatic hydroxyl groups is 1. The normalized spacial score (nSPS) is 15.0. The van der Waals surface area contributed by atoms with Crippen LogP contribution >= 0.6 is 0 Å². The number of halogens is 3. The zero-order chi connectivity index (χ0) is 20.1. The Kier molecular flexibility index (Phi) is 4.34. The predicted molar refractivity (Wildman–Crippen MR) is 101 cm³/mol. The second-order valence-corrected chi connectivity index (χ2v) is 6.90. The minimum atomic E-state index is -5.00. The first-order valence-electron chi connectivity index (χ1n) is 8.80. The highest BCUT2D eigenvalue weighted by Crippen LogP contribution is 2.38. The molecule has 1 aliphatic heterocycles. The fourth-order valence-electron chi connectivity index (χ4n) is 3.56. The zero-order valence-electron chi connectivity index (χ0n) is 15.0. The van der Waals surface area contributed by atoms with Crippen LogP contribution in [-0.2, 0) is 0 Å². The lowest BCUT2D eigenvalue weighted by Crippen LogP contribution is -2.50. The smallest absolute Gasteiger partial charge is 0.389 e. The van der Waals surface area contributed by atoms with Crippen LogP contribution in [-0.4, -0.2) is 41.2 Å². The lowest BCUT2D eigenvalue weighted by Gasteiger charge is -2.38. The SMILES string of the molecule is Cc1nc2ccc(N3CC(O)C3)cc2c(-c2ccccc2)c1C(=O)C(F)(F)F. The molecule has 4 nitrogen and oxygen atoms in total. The van der Waals surface area contributed by atoms with Gasteiger partial charge in [-0.3, -0.25) is 9.78 Å². The third-order valence-electron chi connectivity index (χ3n) is 4.92. The van der Waals surface area contributed by atoms with E-state index in [4.69, 9.17) is 0 Å². The first-order valence-corrected chi connectivity index (χ1v) is 8.80. The van der Waals surface area contributed by atoms with Crippen LogP contribution in [0.5, 0.6) is 0 Å².